The van der Waals surface area contributed by atoms with Gasteiger partial charge >= 0.3 is 0 Å². The number of carbonyl (C=O) groups is 1. The fourth-order valence-electron chi connectivity index (χ4n) is 2.13. The number of carbonyl (C=O) groups excluding carboxylic acids is 1. The Labute approximate surface area is 124 Å². The standard InChI is InChI=1S/C15H20ClNO3/c1-11(2)20-13-5-3-12(4-6-13)15(18)17-7-8-19-14(9-16)10-17/h3-6,11,14H,7-10H2,1-2H3. The minimum absolute atomic E-state index is 0.0134. The van der Waals surface area contributed by atoms with Crippen LogP contribution in [0.15, 0.2) is 24.3 Å². The maximum atomic E-state index is 12.4. The molecule has 1 aromatic rings. The predicted molar refractivity (Wildman–Crippen MR) is 78.6 cm³/mol. The van der Waals surface area contributed by atoms with Crippen molar-refractivity contribution in [2.45, 2.75) is 26.1 Å². The predicted octanol–water partition coefficient (Wildman–Crippen LogP) is 2.55. The van der Waals surface area contributed by atoms with Gasteiger partial charge in [0.05, 0.1) is 24.7 Å². The molecule has 20 heavy (non-hydrogen) atoms. The topological polar surface area (TPSA) is 38.8 Å². The molecule has 1 atom stereocenters. The Morgan fingerprint density at radius 3 is 2.75 bits per heavy atom. The fourth-order valence-corrected chi connectivity index (χ4v) is 2.31. The molecule has 1 aliphatic heterocycles. The SMILES string of the molecule is CC(C)Oc1ccc(C(=O)N2CCOC(CCl)C2)cc1. The highest BCUT2D eigenvalue weighted by Crippen LogP contribution is 2.16. The van der Waals surface area contributed by atoms with E-state index >= 15 is 0 Å². The summed E-state index contributed by atoms with van der Waals surface area (Å²) in [7, 11) is 0. The molecule has 1 aliphatic rings. The van der Waals surface area contributed by atoms with E-state index in [1.807, 2.05) is 26.0 Å². The highest BCUT2D eigenvalue weighted by Gasteiger charge is 2.24. The van der Waals surface area contributed by atoms with Crippen LogP contribution in [0.3, 0.4) is 0 Å². The lowest BCUT2D eigenvalue weighted by Gasteiger charge is -2.32. The minimum atomic E-state index is -0.0714. The highest BCUT2D eigenvalue weighted by atomic mass is 35.5. The van der Waals surface area contributed by atoms with Crippen molar-refractivity contribution in [1.29, 1.82) is 0 Å². The third-order valence-electron chi connectivity index (χ3n) is 3.07. The first-order chi connectivity index (χ1) is 9.60. The minimum Gasteiger partial charge on any atom is -0.491 e. The zero-order chi connectivity index (χ0) is 14.5. The van der Waals surface area contributed by atoms with E-state index < -0.39 is 0 Å². The van der Waals surface area contributed by atoms with Gasteiger partial charge in [0.2, 0.25) is 0 Å². The number of amides is 1. The van der Waals surface area contributed by atoms with Crippen LogP contribution in [0, 0.1) is 0 Å². The normalized spacial score (nSPS) is 19.2. The molecule has 0 N–H and O–H groups in total. The number of hydrogen-bond acceptors (Lipinski definition) is 3. The Bertz CT molecular complexity index is 447. The van der Waals surface area contributed by atoms with E-state index in [1.165, 1.54) is 0 Å². The lowest BCUT2D eigenvalue weighted by molar-refractivity contribution is -0.0108. The number of rotatable bonds is 4. The Morgan fingerprint density at radius 1 is 1.45 bits per heavy atom. The maximum Gasteiger partial charge on any atom is 0.254 e. The Morgan fingerprint density at radius 2 is 2.15 bits per heavy atom. The highest BCUT2D eigenvalue weighted by molar-refractivity contribution is 6.18. The van der Waals surface area contributed by atoms with E-state index in [4.69, 9.17) is 21.1 Å². The van der Waals surface area contributed by atoms with Crippen LogP contribution >= 0.6 is 11.6 Å². The summed E-state index contributed by atoms with van der Waals surface area (Å²) in [5.74, 6) is 1.20. The second-order valence-corrected chi connectivity index (χ2v) is 5.40. The first kappa shape index (κ1) is 15.1. The fraction of sp³-hybridized carbons (Fsp3) is 0.533. The van der Waals surface area contributed by atoms with Crippen molar-refractivity contribution in [3.05, 3.63) is 29.8 Å². The lowest BCUT2D eigenvalue weighted by Crippen LogP contribution is -2.46. The van der Waals surface area contributed by atoms with Crippen LogP contribution in [0.1, 0.15) is 24.2 Å². The Kier molecular flexibility index (Phi) is 5.26. The summed E-state index contributed by atoms with van der Waals surface area (Å²) in [6.45, 7) is 5.64. The van der Waals surface area contributed by atoms with E-state index in [0.717, 1.165) is 5.75 Å². The number of halogens is 1. The monoisotopic (exact) mass is 297 g/mol. The zero-order valence-electron chi connectivity index (χ0n) is 11.8. The zero-order valence-corrected chi connectivity index (χ0v) is 12.6. The van der Waals surface area contributed by atoms with Gasteiger partial charge < -0.3 is 14.4 Å². The first-order valence-electron chi connectivity index (χ1n) is 6.83. The molecule has 0 bridgehead atoms. The third kappa shape index (κ3) is 3.87. The van der Waals surface area contributed by atoms with Crippen LogP contribution in [0.2, 0.25) is 0 Å². The van der Waals surface area contributed by atoms with Crippen molar-refractivity contribution in [3.8, 4) is 5.75 Å². The summed E-state index contributed by atoms with van der Waals surface area (Å²) in [5, 5.41) is 0. The van der Waals surface area contributed by atoms with Gasteiger partial charge in [-0.25, -0.2) is 0 Å². The van der Waals surface area contributed by atoms with Gasteiger partial charge in [-0.05, 0) is 38.1 Å². The van der Waals surface area contributed by atoms with E-state index in [2.05, 4.69) is 0 Å². The van der Waals surface area contributed by atoms with E-state index in [-0.39, 0.29) is 18.1 Å². The maximum absolute atomic E-state index is 12.4. The van der Waals surface area contributed by atoms with Crippen LogP contribution in [0.25, 0.3) is 0 Å². The largest absolute Gasteiger partial charge is 0.491 e. The molecule has 0 radical (unpaired) electrons. The summed E-state index contributed by atoms with van der Waals surface area (Å²) >= 11 is 5.79. The van der Waals surface area contributed by atoms with Gasteiger partial charge in [-0.3, -0.25) is 4.79 Å². The average molecular weight is 298 g/mol. The first-order valence-corrected chi connectivity index (χ1v) is 7.37. The number of benzene rings is 1. The smallest absolute Gasteiger partial charge is 0.254 e. The van der Waals surface area contributed by atoms with E-state index in [1.54, 1.807) is 17.0 Å². The molecule has 1 heterocycles. The number of nitrogens with zero attached hydrogens (tertiary/aromatic N) is 1. The van der Waals surface area contributed by atoms with Gasteiger partial charge in [0.25, 0.3) is 5.91 Å². The number of ether oxygens (including phenoxy) is 2. The van der Waals surface area contributed by atoms with Crippen molar-refractivity contribution in [1.82, 2.24) is 4.90 Å². The van der Waals surface area contributed by atoms with Crippen LogP contribution < -0.4 is 4.74 Å². The number of hydrogen-bond donors (Lipinski definition) is 0. The molecule has 1 amide bonds. The van der Waals surface area contributed by atoms with Gasteiger partial charge in [0.15, 0.2) is 0 Å². The third-order valence-corrected chi connectivity index (χ3v) is 3.42. The summed E-state index contributed by atoms with van der Waals surface area (Å²) in [5.41, 5.74) is 0.663. The lowest BCUT2D eigenvalue weighted by atomic mass is 10.1. The van der Waals surface area contributed by atoms with Gasteiger partial charge in [0, 0.05) is 18.7 Å². The van der Waals surface area contributed by atoms with Crippen molar-refractivity contribution in [2.24, 2.45) is 0 Å². The van der Waals surface area contributed by atoms with Gasteiger partial charge in [-0.2, -0.15) is 0 Å². The second kappa shape index (κ2) is 6.95. The molecule has 2 rings (SSSR count). The quantitative estimate of drug-likeness (QED) is 0.802. The molecule has 1 aromatic carbocycles. The van der Waals surface area contributed by atoms with E-state index in [0.29, 0.717) is 31.1 Å². The van der Waals surface area contributed by atoms with Crippen LogP contribution in [-0.4, -0.2) is 48.6 Å². The van der Waals surface area contributed by atoms with E-state index in [9.17, 15) is 4.79 Å². The summed E-state index contributed by atoms with van der Waals surface area (Å²) < 4.78 is 11.0. The molecule has 1 unspecified atom stereocenters. The molecular weight excluding hydrogens is 278 g/mol. The van der Waals surface area contributed by atoms with Gasteiger partial charge in [0.1, 0.15) is 5.75 Å². The Balaban J connectivity index is 2.01. The van der Waals surface area contributed by atoms with Gasteiger partial charge in [-0.1, -0.05) is 0 Å². The molecule has 1 fully saturated rings. The number of morpholine rings is 1. The Hall–Kier alpha value is -1.26. The molecule has 110 valence electrons. The molecule has 1 saturated heterocycles. The van der Waals surface area contributed by atoms with Gasteiger partial charge in [-0.15, -0.1) is 11.6 Å². The molecule has 0 aliphatic carbocycles. The van der Waals surface area contributed by atoms with Crippen LogP contribution in [0.5, 0.6) is 5.75 Å². The van der Waals surface area contributed by atoms with Crippen LogP contribution in [-0.2, 0) is 4.74 Å². The van der Waals surface area contributed by atoms with Crippen molar-refractivity contribution < 1.29 is 14.3 Å². The van der Waals surface area contributed by atoms with Crippen molar-refractivity contribution in [2.75, 3.05) is 25.6 Å². The number of alkyl halides is 1. The average Bonchev–Trinajstić information content (AvgIpc) is 2.47. The van der Waals surface area contributed by atoms with Crippen molar-refractivity contribution in [3.63, 3.8) is 0 Å². The molecule has 0 saturated carbocycles. The molecule has 4 nitrogen and oxygen atoms in total. The molecule has 5 heteroatoms. The second-order valence-electron chi connectivity index (χ2n) is 5.09. The molecule has 0 spiro atoms. The summed E-state index contributed by atoms with van der Waals surface area (Å²) in [4.78, 5) is 14.2. The molecule has 0 aromatic heterocycles. The summed E-state index contributed by atoms with van der Waals surface area (Å²) in [6.07, 6.45) is 0.0539. The van der Waals surface area contributed by atoms with Crippen LogP contribution in [0.4, 0.5) is 0 Å². The molecular formula is C15H20ClNO3. The van der Waals surface area contributed by atoms with Crippen molar-refractivity contribution >= 4 is 17.5 Å². The summed E-state index contributed by atoms with van der Waals surface area (Å²) in [6, 6.07) is 7.25.